The summed E-state index contributed by atoms with van der Waals surface area (Å²) in [7, 11) is 0. The Morgan fingerprint density at radius 1 is 0.971 bits per heavy atom. The van der Waals surface area contributed by atoms with Crippen molar-refractivity contribution in [3.63, 3.8) is 0 Å². The number of anilines is 1. The molecule has 7 nitrogen and oxygen atoms in total. The smallest absolute Gasteiger partial charge is 0.240 e. The third kappa shape index (κ3) is 5.41. The summed E-state index contributed by atoms with van der Waals surface area (Å²) in [6.07, 6.45) is 0. The van der Waals surface area contributed by atoms with Crippen LogP contribution in [0.4, 0.5) is 10.3 Å². The van der Waals surface area contributed by atoms with Crippen molar-refractivity contribution in [3.8, 4) is 22.5 Å². The van der Waals surface area contributed by atoms with Crippen LogP contribution < -0.4 is 5.32 Å². The lowest BCUT2D eigenvalue weighted by molar-refractivity contribution is -0.118. The Morgan fingerprint density at radius 2 is 1.71 bits per heavy atom. The van der Waals surface area contributed by atoms with Crippen molar-refractivity contribution in [2.24, 2.45) is 0 Å². The number of morpholine rings is 1. The molecule has 3 heterocycles. The van der Waals surface area contributed by atoms with Crippen molar-refractivity contribution in [2.75, 3.05) is 38.2 Å². The molecule has 0 radical (unpaired) electrons. The van der Waals surface area contributed by atoms with E-state index in [2.05, 4.69) is 20.3 Å². The molecule has 0 bridgehead atoms. The van der Waals surface area contributed by atoms with Crippen molar-refractivity contribution >= 4 is 46.0 Å². The molecule has 1 aliphatic rings. The number of hydrogen-bond acceptors (Lipinski definition) is 6. The average Bonchev–Trinajstić information content (AvgIpc) is 2.84. The molecule has 35 heavy (non-hydrogen) atoms. The molecule has 4 aromatic rings. The van der Waals surface area contributed by atoms with Gasteiger partial charge in [0, 0.05) is 34.6 Å². The first-order valence-corrected chi connectivity index (χ1v) is 11.7. The number of carbonyl (C=O) groups excluding carboxylic acids is 1. The number of nitrogens with zero attached hydrogens (tertiary/aromatic N) is 4. The van der Waals surface area contributed by atoms with Gasteiger partial charge in [0.2, 0.25) is 11.9 Å². The Morgan fingerprint density at radius 3 is 2.49 bits per heavy atom. The highest BCUT2D eigenvalue weighted by Crippen LogP contribution is 2.33. The van der Waals surface area contributed by atoms with Crippen LogP contribution in [0.15, 0.2) is 54.6 Å². The van der Waals surface area contributed by atoms with Gasteiger partial charge in [-0.1, -0.05) is 41.4 Å². The molecule has 0 unspecified atom stereocenters. The van der Waals surface area contributed by atoms with E-state index >= 15 is 0 Å². The second-order valence-corrected chi connectivity index (χ2v) is 8.81. The summed E-state index contributed by atoms with van der Waals surface area (Å²) >= 11 is 12.9. The Kier molecular flexibility index (Phi) is 6.88. The highest BCUT2D eigenvalue weighted by atomic mass is 35.5. The Hall–Kier alpha value is -3.17. The van der Waals surface area contributed by atoms with Crippen LogP contribution >= 0.6 is 23.2 Å². The molecule has 0 saturated carbocycles. The van der Waals surface area contributed by atoms with Crippen molar-refractivity contribution in [1.82, 2.24) is 19.9 Å². The van der Waals surface area contributed by atoms with Crippen LogP contribution in [0.2, 0.25) is 10.2 Å². The number of hydrogen-bond donors (Lipinski definition) is 1. The summed E-state index contributed by atoms with van der Waals surface area (Å²) in [4.78, 5) is 28.2. The lowest BCUT2D eigenvalue weighted by Gasteiger charge is -2.25. The van der Waals surface area contributed by atoms with Crippen LogP contribution in [0.5, 0.6) is 0 Å². The molecule has 0 aliphatic carbocycles. The van der Waals surface area contributed by atoms with Gasteiger partial charge in [0.05, 0.1) is 36.7 Å². The van der Waals surface area contributed by atoms with Crippen LogP contribution in [0.1, 0.15) is 0 Å². The van der Waals surface area contributed by atoms with Gasteiger partial charge in [-0.2, -0.15) is 0 Å². The molecule has 1 aliphatic heterocycles. The SMILES string of the molecule is O=C(CN1CCOCC1)Nc1nc(-c2ccccc2Cl)cc(-c2cc3cc(F)ccc3nc2Cl)n1. The predicted molar refractivity (Wildman–Crippen MR) is 134 cm³/mol. The molecule has 178 valence electrons. The maximum Gasteiger partial charge on any atom is 0.240 e. The lowest BCUT2D eigenvalue weighted by Crippen LogP contribution is -2.41. The molecule has 1 amide bonds. The summed E-state index contributed by atoms with van der Waals surface area (Å²) in [6, 6.07) is 14.9. The number of ether oxygens (including phenoxy) is 1. The molecule has 1 N–H and O–H groups in total. The van der Waals surface area contributed by atoms with Crippen molar-refractivity contribution < 1.29 is 13.9 Å². The van der Waals surface area contributed by atoms with E-state index in [0.717, 1.165) is 0 Å². The average molecular weight is 512 g/mol. The van der Waals surface area contributed by atoms with Crippen molar-refractivity contribution in [2.45, 2.75) is 0 Å². The Bertz CT molecular complexity index is 1410. The minimum Gasteiger partial charge on any atom is -0.379 e. The molecule has 1 fully saturated rings. The van der Waals surface area contributed by atoms with E-state index in [4.69, 9.17) is 27.9 Å². The second-order valence-electron chi connectivity index (χ2n) is 8.04. The molecular formula is C25H20Cl2FN5O2. The minimum atomic E-state index is -0.386. The first kappa shape index (κ1) is 23.6. The van der Waals surface area contributed by atoms with E-state index < -0.39 is 0 Å². The lowest BCUT2D eigenvalue weighted by atomic mass is 10.1. The van der Waals surface area contributed by atoms with Gasteiger partial charge in [-0.15, -0.1) is 0 Å². The molecular weight excluding hydrogens is 492 g/mol. The normalized spacial score (nSPS) is 14.3. The van der Waals surface area contributed by atoms with E-state index in [-0.39, 0.29) is 29.4 Å². The van der Waals surface area contributed by atoms with Gasteiger partial charge in [-0.25, -0.2) is 19.3 Å². The Balaban J connectivity index is 1.56. The van der Waals surface area contributed by atoms with Crippen LogP contribution in [0, 0.1) is 5.82 Å². The van der Waals surface area contributed by atoms with Gasteiger partial charge in [-0.05, 0) is 36.4 Å². The van der Waals surface area contributed by atoms with E-state index in [1.54, 1.807) is 24.3 Å². The minimum absolute atomic E-state index is 0.103. The number of pyridine rings is 1. The maximum atomic E-state index is 13.8. The fourth-order valence-corrected chi connectivity index (χ4v) is 4.35. The van der Waals surface area contributed by atoms with E-state index in [1.165, 1.54) is 12.1 Å². The summed E-state index contributed by atoms with van der Waals surface area (Å²) in [5, 5.41) is 4.04. The number of benzene rings is 2. The maximum absolute atomic E-state index is 13.8. The van der Waals surface area contributed by atoms with Crippen LogP contribution in [-0.4, -0.2) is 58.6 Å². The topological polar surface area (TPSA) is 80.2 Å². The van der Waals surface area contributed by atoms with Crippen LogP contribution in [0.25, 0.3) is 33.4 Å². The fraction of sp³-hybridized carbons (Fsp3) is 0.200. The number of fused-ring (bicyclic) bond motifs is 1. The molecule has 2 aromatic heterocycles. The zero-order valence-corrected chi connectivity index (χ0v) is 20.0. The van der Waals surface area contributed by atoms with Crippen LogP contribution in [0.3, 0.4) is 0 Å². The molecule has 5 rings (SSSR count). The van der Waals surface area contributed by atoms with E-state index in [1.807, 2.05) is 23.1 Å². The van der Waals surface area contributed by atoms with Gasteiger partial charge in [0.15, 0.2) is 0 Å². The summed E-state index contributed by atoms with van der Waals surface area (Å²) in [6.45, 7) is 2.71. The number of carbonyl (C=O) groups is 1. The largest absolute Gasteiger partial charge is 0.379 e. The third-order valence-electron chi connectivity index (χ3n) is 5.60. The van der Waals surface area contributed by atoms with Gasteiger partial charge < -0.3 is 4.74 Å². The summed E-state index contributed by atoms with van der Waals surface area (Å²) in [5.41, 5.74) is 2.61. The number of rotatable bonds is 5. The van der Waals surface area contributed by atoms with Gasteiger partial charge in [0.25, 0.3) is 0 Å². The van der Waals surface area contributed by atoms with Crippen LogP contribution in [-0.2, 0) is 9.53 Å². The summed E-state index contributed by atoms with van der Waals surface area (Å²) in [5.74, 6) is -0.534. The number of amides is 1. The second kappa shape index (κ2) is 10.2. The zero-order valence-electron chi connectivity index (χ0n) is 18.5. The fourth-order valence-electron chi connectivity index (χ4n) is 3.88. The van der Waals surface area contributed by atoms with E-state index in [9.17, 15) is 9.18 Å². The number of halogens is 3. The third-order valence-corrected chi connectivity index (χ3v) is 6.22. The van der Waals surface area contributed by atoms with Crippen molar-refractivity contribution in [1.29, 1.82) is 0 Å². The Labute approximate surface area is 210 Å². The molecule has 0 atom stereocenters. The standard InChI is InChI=1S/C25H20Cl2FN5O2/c26-19-4-2-1-3-17(19)21-13-22(18-12-15-11-16(28)5-6-20(15)29-24(18)27)31-25(30-21)32-23(34)14-33-7-9-35-10-8-33/h1-6,11-13H,7-10,14H2,(H,30,31,32,34). The summed E-state index contributed by atoms with van der Waals surface area (Å²) < 4.78 is 19.2. The van der Waals surface area contributed by atoms with E-state index in [0.29, 0.717) is 64.7 Å². The monoisotopic (exact) mass is 511 g/mol. The zero-order chi connectivity index (χ0) is 24.4. The highest BCUT2D eigenvalue weighted by Gasteiger charge is 2.18. The first-order valence-electron chi connectivity index (χ1n) is 11.0. The molecule has 10 heteroatoms. The highest BCUT2D eigenvalue weighted by molar-refractivity contribution is 6.33. The molecule has 1 saturated heterocycles. The van der Waals surface area contributed by atoms with Gasteiger partial charge >= 0.3 is 0 Å². The van der Waals surface area contributed by atoms with Crippen molar-refractivity contribution in [3.05, 3.63) is 70.6 Å². The quantitative estimate of drug-likeness (QED) is 0.376. The van der Waals surface area contributed by atoms with Gasteiger partial charge in [0.1, 0.15) is 11.0 Å². The molecule has 2 aromatic carbocycles. The predicted octanol–water partition coefficient (Wildman–Crippen LogP) is 5.08. The number of nitrogens with one attached hydrogen (secondary N) is 1. The van der Waals surface area contributed by atoms with Gasteiger partial charge in [-0.3, -0.25) is 15.0 Å². The first-order chi connectivity index (χ1) is 17.0. The number of aromatic nitrogens is 3. The molecule has 0 spiro atoms.